The van der Waals surface area contributed by atoms with Gasteiger partial charge in [-0.15, -0.1) is 0 Å². The molecular weight excluding hydrogens is 234 g/mol. The fourth-order valence-electron chi connectivity index (χ4n) is 2.89. The number of hydrogen-bond donors (Lipinski definition) is 0. The van der Waals surface area contributed by atoms with Crippen LogP contribution in [-0.2, 0) is 0 Å². The highest BCUT2D eigenvalue weighted by molar-refractivity contribution is 5.42. The van der Waals surface area contributed by atoms with Crippen molar-refractivity contribution < 1.29 is 4.74 Å². The molecule has 1 aromatic carbocycles. The molecule has 3 unspecified atom stereocenters. The van der Waals surface area contributed by atoms with Crippen molar-refractivity contribution in [3.8, 4) is 11.8 Å². The van der Waals surface area contributed by atoms with E-state index in [1.165, 1.54) is 16.7 Å². The van der Waals surface area contributed by atoms with Crippen LogP contribution in [0.4, 0.5) is 0 Å². The van der Waals surface area contributed by atoms with Crippen LogP contribution in [0.2, 0.25) is 0 Å². The van der Waals surface area contributed by atoms with Crippen LogP contribution in [0.3, 0.4) is 0 Å². The second kappa shape index (κ2) is 5.65. The first kappa shape index (κ1) is 13.9. The molecule has 0 radical (unpaired) electrons. The second-order valence-electron chi connectivity index (χ2n) is 6.02. The van der Waals surface area contributed by atoms with Gasteiger partial charge in [0.1, 0.15) is 11.9 Å². The summed E-state index contributed by atoms with van der Waals surface area (Å²) >= 11 is 0. The Morgan fingerprint density at radius 1 is 1.21 bits per heavy atom. The smallest absolute Gasteiger partial charge is 0.123 e. The van der Waals surface area contributed by atoms with Crippen molar-refractivity contribution in [1.29, 1.82) is 5.26 Å². The number of nitrogens with zero attached hydrogens (tertiary/aromatic N) is 1. The Kier molecular flexibility index (Phi) is 4.14. The van der Waals surface area contributed by atoms with Gasteiger partial charge in [-0.1, -0.05) is 13.0 Å². The first-order valence-corrected chi connectivity index (χ1v) is 7.15. The van der Waals surface area contributed by atoms with Gasteiger partial charge in [-0.3, -0.25) is 0 Å². The topological polar surface area (TPSA) is 33.0 Å². The number of ether oxygens (including phenoxy) is 1. The summed E-state index contributed by atoms with van der Waals surface area (Å²) in [6.45, 7) is 8.54. The van der Waals surface area contributed by atoms with Crippen LogP contribution >= 0.6 is 0 Å². The maximum atomic E-state index is 9.27. The zero-order chi connectivity index (χ0) is 14.0. The minimum atomic E-state index is 0.0384. The second-order valence-corrected chi connectivity index (χ2v) is 6.02. The average Bonchev–Trinajstić information content (AvgIpc) is 2.35. The van der Waals surface area contributed by atoms with Crippen LogP contribution < -0.4 is 4.74 Å². The molecule has 0 aromatic heterocycles. The third-order valence-electron chi connectivity index (χ3n) is 4.26. The van der Waals surface area contributed by atoms with E-state index in [0.29, 0.717) is 5.92 Å². The minimum absolute atomic E-state index is 0.0384. The largest absolute Gasteiger partial charge is 0.489 e. The average molecular weight is 257 g/mol. The molecule has 0 saturated heterocycles. The number of benzene rings is 1. The van der Waals surface area contributed by atoms with Crippen LogP contribution in [-0.4, -0.2) is 6.10 Å². The number of hydrogen-bond acceptors (Lipinski definition) is 2. The summed E-state index contributed by atoms with van der Waals surface area (Å²) in [5.41, 5.74) is 3.67. The fourth-order valence-corrected chi connectivity index (χ4v) is 2.89. The Hall–Kier alpha value is -1.49. The molecule has 19 heavy (non-hydrogen) atoms. The monoisotopic (exact) mass is 257 g/mol. The van der Waals surface area contributed by atoms with E-state index in [2.05, 4.69) is 45.9 Å². The van der Waals surface area contributed by atoms with Gasteiger partial charge < -0.3 is 4.74 Å². The SMILES string of the molecule is Cc1cc(C)c(C)c(OC2CC(C)CCC2C#N)c1. The Morgan fingerprint density at radius 2 is 1.95 bits per heavy atom. The highest BCUT2D eigenvalue weighted by Gasteiger charge is 2.30. The zero-order valence-electron chi connectivity index (χ0n) is 12.4. The predicted octanol–water partition coefficient (Wildman–Crippen LogP) is 4.32. The van der Waals surface area contributed by atoms with E-state index in [-0.39, 0.29) is 12.0 Å². The van der Waals surface area contributed by atoms with Gasteiger partial charge >= 0.3 is 0 Å². The summed E-state index contributed by atoms with van der Waals surface area (Å²) < 4.78 is 6.20. The van der Waals surface area contributed by atoms with E-state index in [4.69, 9.17) is 4.74 Å². The molecule has 2 heteroatoms. The molecular formula is C17H23NO. The van der Waals surface area contributed by atoms with Gasteiger partial charge in [0.05, 0.1) is 12.0 Å². The van der Waals surface area contributed by atoms with Gasteiger partial charge in [0, 0.05) is 0 Å². The van der Waals surface area contributed by atoms with Gasteiger partial charge in [0.2, 0.25) is 0 Å². The van der Waals surface area contributed by atoms with Crippen molar-refractivity contribution >= 4 is 0 Å². The number of rotatable bonds is 2. The fraction of sp³-hybridized carbons (Fsp3) is 0.588. The molecule has 0 heterocycles. The van der Waals surface area contributed by atoms with Gasteiger partial charge in [0.15, 0.2) is 0 Å². The standard InChI is InChI=1S/C17H23NO/c1-11-5-6-15(10-18)17(8-11)19-16-9-12(2)7-13(3)14(16)4/h7,9,11,15,17H,5-6,8H2,1-4H3. The molecule has 0 amide bonds. The summed E-state index contributed by atoms with van der Waals surface area (Å²) in [7, 11) is 0. The predicted molar refractivity (Wildman–Crippen MR) is 77.2 cm³/mol. The first-order chi connectivity index (χ1) is 9.01. The molecule has 1 aromatic rings. The van der Waals surface area contributed by atoms with E-state index in [9.17, 15) is 5.26 Å². The summed E-state index contributed by atoms with van der Waals surface area (Å²) in [6.07, 6.45) is 3.15. The number of aryl methyl sites for hydroxylation is 2. The Balaban J connectivity index is 2.22. The van der Waals surface area contributed by atoms with Crippen molar-refractivity contribution in [3.05, 3.63) is 28.8 Å². The summed E-state index contributed by atoms with van der Waals surface area (Å²) in [5.74, 6) is 1.65. The molecule has 2 rings (SSSR count). The minimum Gasteiger partial charge on any atom is -0.489 e. The van der Waals surface area contributed by atoms with Crippen LogP contribution in [0.1, 0.15) is 42.9 Å². The lowest BCUT2D eigenvalue weighted by atomic mass is 9.81. The highest BCUT2D eigenvalue weighted by Crippen LogP contribution is 2.33. The van der Waals surface area contributed by atoms with E-state index in [0.717, 1.165) is 25.0 Å². The van der Waals surface area contributed by atoms with Gasteiger partial charge in [-0.05, 0) is 68.7 Å². The van der Waals surface area contributed by atoms with Gasteiger partial charge in [-0.2, -0.15) is 5.26 Å². The molecule has 0 N–H and O–H groups in total. The molecule has 1 aliphatic rings. The molecule has 102 valence electrons. The quantitative estimate of drug-likeness (QED) is 0.790. The summed E-state index contributed by atoms with van der Waals surface area (Å²) in [4.78, 5) is 0. The first-order valence-electron chi connectivity index (χ1n) is 7.15. The summed E-state index contributed by atoms with van der Waals surface area (Å²) in [6, 6.07) is 6.69. The summed E-state index contributed by atoms with van der Waals surface area (Å²) in [5, 5.41) is 9.27. The zero-order valence-corrected chi connectivity index (χ0v) is 12.4. The Labute approximate surface area is 116 Å². The van der Waals surface area contributed by atoms with Crippen LogP contribution in [0.5, 0.6) is 5.75 Å². The molecule has 1 fully saturated rings. The molecule has 2 nitrogen and oxygen atoms in total. The normalized spacial score (nSPS) is 26.8. The Morgan fingerprint density at radius 3 is 2.63 bits per heavy atom. The lowest BCUT2D eigenvalue weighted by Crippen LogP contribution is -2.32. The van der Waals surface area contributed by atoms with Crippen molar-refractivity contribution in [2.24, 2.45) is 11.8 Å². The van der Waals surface area contributed by atoms with Crippen molar-refractivity contribution in [1.82, 2.24) is 0 Å². The molecule has 1 aliphatic carbocycles. The van der Waals surface area contributed by atoms with Crippen molar-refractivity contribution in [2.75, 3.05) is 0 Å². The van der Waals surface area contributed by atoms with E-state index >= 15 is 0 Å². The molecule has 0 spiro atoms. The van der Waals surface area contributed by atoms with E-state index in [1.54, 1.807) is 0 Å². The maximum Gasteiger partial charge on any atom is 0.123 e. The number of nitriles is 1. The molecule has 1 saturated carbocycles. The molecule has 0 aliphatic heterocycles. The Bertz CT molecular complexity index is 501. The lowest BCUT2D eigenvalue weighted by molar-refractivity contribution is 0.0948. The van der Waals surface area contributed by atoms with Gasteiger partial charge in [0.25, 0.3) is 0 Å². The van der Waals surface area contributed by atoms with Crippen LogP contribution in [0, 0.1) is 43.9 Å². The van der Waals surface area contributed by atoms with Crippen LogP contribution in [0.15, 0.2) is 12.1 Å². The molecule has 0 bridgehead atoms. The highest BCUT2D eigenvalue weighted by atomic mass is 16.5. The van der Waals surface area contributed by atoms with E-state index < -0.39 is 0 Å². The lowest BCUT2D eigenvalue weighted by Gasteiger charge is -2.32. The van der Waals surface area contributed by atoms with Crippen molar-refractivity contribution in [3.63, 3.8) is 0 Å². The maximum absolute atomic E-state index is 9.27. The van der Waals surface area contributed by atoms with Gasteiger partial charge in [-0.25, -0.2) is 0 Å². The van der Waals surface area contributed by atoms with Crippen molar-refractivity contribution in [2.45, 2.75) is 53.1 Å². The van der Waals surface area contributed by atoms with E-state index in [1.807, 2.05) is 0 Å². The van der Waals surface area contributed by atoms with Crippen LogP contribution in [0.25, 0.3) is 0 Å². The third-order valence-corrected chi connectivity index (χ3v) is 4.26. The molecule has 3 atom stereocenters. The third kappa shape index (κ3) is 3.10.